The highest BCUT2D eigenvalue weighted by Gasteiger charge is 2.08. The molecule has 0 bridgehead atoms. The molecule has 0 N–H and O–H groups in total. The molecule has 1 heterocycles. The molecule has 1 aromatic heterocycles. The molecule has 0 fully saturated rings. The lowest BCUT2D eigenvalue weighted by molar-refractivity contribution is 0.290. The fourth-order valence-corrected chi connectivity index (χ4v) is 2.76. The lowest BCUT2D eigenvalue weighted by Crippen LogP contribution is -1.99. The number of aromatic nitrogens is 2. The molecule has 2 rings (SSSR count). The number of nitrogens with zero attached hydrogens (tertiary/aromatic N) is 2. The highest BCUT2D eigenvalue weighted by Crippen LogP contribution is 2.29. The van der Waals surface area contributed by atoms with Gasteiger partial charge >= 0.3 is 0 Å². The molecule has 3 nitrogen and oxygen atoms in total. The van der Waals surface area contributed by atoms with Crippen molar-refractivity contribution in [3.8, 4) is 5.88 Å². The highest BCUT2D eigenvalue weighted by molar-refractivity contribution is 7.99. The number of thioether (sulfide) groups is 1. The average molecular weight is 301 g/mol. The molecule has 0 amide bonds. The molecule has 2 aromatic rings. The lowest BCUT2D eigenvalue weighted by Gasteiger charge is -2.10. The SMILES string of the molecule is CCSc1cccc(Cl)c1COc1ccn(S)n1. The lowest BCUT2D eigenvalue weighted by atomic mass is 10.2. The van der Waals surface area contributed by atoms with Crippen LogP contribution in [0.4, 0.5) is 0 Å². The van der Waals surface area contributed by atoms with Gasteiger partial charge in [-0.15, -0.1) is 16.9 Å². The predicted molar refractivity (Wildman–Crippen MR) is 78.8 cm³/mol. The van der Waals surface area contributed by atoms with Crippen LogP contribution in [0.25, 0.3) is 0 Å². The first-order valence-electron chi connectivity index (χ1n) is 5.48. The van der Waals surface area contributed by atoms with Gasteiger partial charge in [-0.1, -0.05) is 24.6 Å². The molecule has 0 spiro atoms. The third-order valence-corrected chi connectivity index (χ3v) is 3.85. The zero-order chi connectivity index (χ0) is 13.0. The first-order chi connectivity index (χ1) is 8.70. The maximum atomic E-state index is 6.20. The molecule has 0 aliphatic heterocycles. The summed E-state index contributed by atoms with van der Waals surface area (Å²) in [5.74, 6) is 1.54. The molecule has 0 saturated heterocycles. The number of ether oxygens (including phenoxy) is 1. The van der Waals surface area contributed by atoms with E-state index in [1.807, 2.05) is 12.1 Å². The number of benzene rings is 1. The van der Waals surface area contributed by atoms with E-state index in [4.69, 9.17) is 16.3 Å². The minimum Gasteiger partial charge on any atom is -0.472 e. The van der Waals surface area contributed by atoms with E-state index in [0.29, 0.717) is 12.5 Å². The van der Waals surface area contributed by atoms with E-state index in [2.05, 4.69) is 30.9 Å². The number of thiol groups is 1. The Hall–Kier alpha value is -0.780. The summed E-state index contributed by atoms with van der Waals surface area (Å²) in [5, 5.41) is 4.76. The van der Waals surface area contributed by atoms with Crippen molar-refractivity contribution < 1.29 is 4.74 Å². The molecule has 96 valence electrons. The van der Waals surface area contributed by atoms with E-state index in [0.717, 1.165) is 21.2 Å². The van der Waals surface area contributed by atoms with Crippen LogP contribution in [0, 0.1) is 0 Å². The van der Waals surface area contributed by atoms with Crippen LogP contribution in [0.15, 0.2) is 35.4 Å². The summed E-state index contributed by atoms with van der Waals surface area (Å²) >= 11 is 12.0. The predicted octanol–water partition coefficient (Wildman–Crippen LogP) is 3.92. The molecule has 0 radical (unpaired) electrons. The number of halogens is 1. The molecule has 1 aromatic carbocycles. The largest absolute Gasteiger partial charge is 0.472 e. The Balaban J connectivity index is 2.12. The number of hydrogen-bond acceptors (Lipinski definition) is 4. The quantitative estimate of drug-likeness (QED) is 0.670. The summed E-state index contributed by atoms with van der Waals surface area (Å²) in [5.41, 5.74) is 1.000. The molecule has 0 aliphatic carbocycles. The molecule has 0 aliphatic rings. The minimum atomic E-state index is 0.410. The summed E-state index contributed by atoms with van der Waals surface area (Å²) in [6.45, 7) is 2.52. The maximum absolute atomic E-state index is 6.20. The topological polar surface area (TPSA) is 27.1 Å². The smallest absolute Gasteiger partial charge is 0.234 e. The van der Waals surface area contributed by atoms with Crippen molar-refractivity contribution in [2.45, 2.75) is 18.4 Å². The first kappa shape index (κ1) is 13.6. The number of hydrogen-bond donors (Lipinski definition) is 1. The van der Waals surface area contributed by atoms with Crippen LogP contribution in [0.3, 0.4) is 0 Å². The summed E-state index contributed by atoms with van der Waals surface area (Å²) in [4.78, 5) is 1.15. The van der Waals surface area contributed by atoms with Crippen LogP contribution in [0.1, 0.15) is 12.5 Å². The van der Waals surface area contributed by atoms with Crippen LogP contribution in [-0.2, 0) is 6.61 Å². The van der Waals surface area contributed by atoms with Gasteiger partial charge in [0.15, 0.2) is 0 Å². The van der Waals surface area contributed by atoms with Crippen LogP contribution in [0.2, 0.25) is 5.02 Å². The van der Waals surface area contributed by atoms with Gasteiger partial charge in [0.1, 0.15) is 6.61 Å². The van der Waals surface area contributed by atoms with Crippen LogP contribution in [-0.4, -0.2) is 14.9 Å². The van der Waals surface area contributed by atoms with Crippen molar-refractivity contribution in [2.75, 3.05) is 5.75 Å². The van der Waals surface area contributed by atoms with Gasteiger partial charge in [0.05, 0.1) is 0 Å². The van der Waals surface area contributed by atoms with Gasteiger partial charge in [-0.3, -0.25) is 0 Å². The van der Waals surface area contributed by atoms with Gasteiger partial charge in [0, 0.05) is 27.7 Å². The Morgan fingerprint density at radius 3 is 2.94 bits per heavy atom. The van der Waals surface area contributed by atoms with Gasteiger partial charge < -0.3 is 4.74 Å². The standard InChI is InChI=1S/C12H13ClN2OS2/c1-2-18-11-5-3-4-10(13)9(11)8-16-12-6-7-15(17)14-12/h3-7,17H,2,8H2,1H3. The van der Waals surface area contributed by atoms with E-state index in [1.165, 1.54) is 4.09 Å². The van der Waals surface area contributed by atoms with E-state index in [1.54, 1.807) is 24.0 Å². The molecule has 0 atom stereocenters. The van der Waals surface area contributed by atoms with Crippen LogP contribution < -0.4 is 4.74 Å². The molecule has 18 heavy (non-hydrogen) atoms. The zero-order valence-corrected chi connectivity index (χ0v) is 12.3. The zero-order valence-electron chi connectivity index (χ0n) is 9.84. The third-order valence-electron chi connectivity index (χ3n) is 2.29. The second kappa shape index (κ2) is 6.41. The summed E-state index contributed by atoms with van der Waals surface area (Å²) in [7, 11) is 0. The maximum Gasteiger partial charge on any atom is 0.234 e. The van der Waals surface area contributed by atoms with Gasteiger partial charge in [0.2, 0.25) is 5.88 Å². The van der Waals surface area contributed by atoms with Crippen molar-refractivity contribution in [2.24, 2.45) is 0 Å². The summed E-state index contributed by atoms with van der Waals surface area (Å²) < 4.78 is 7.01. The third kappa shape index (κ3) is 3.37. The Bertz CT molecular complexity index is 531. The molecule has 0 unspecified atom stereocenters. The van der Waals surface area contributed by atoms with E-state index in [-0.39, 0.29) is 0 Å². The van der Waals surface area contributed by atoms with Crippen molar-refractivity contribution in [1.82, 2.24) is 9.19 Å². The number of rotatable bonds is 5. The molecule has 6 heteroatoms. The van der Waals surface area contributed by atoms with E-state index < -0.39 is 0 Å². The monoisotopic (exact) mass is 300 g/mol. The fourth-order valence-electron chi connectivity index (χ4n) is 1.49. The molecular weight excluding hydrogens is 288 g/mol. The van der Waals surface area contributed by atoms with E-state index >= 15 is 0 Å². The first-order valence-corrected chi connectivity index (χ1v) is 7.25. The van der Waals surface area contributed by atoms with Crippen molar-refractivity contribution in [3.05, 3.63) is 41.0 Å². The Kier molecular flexibility index (Phi) is 4.86. The Morgan fingerprint density at radius 1 is 1.44 bits per heavy atom. The highest BCUT2D eigenvalue weighted by atomic mass is 35.5. The van der Waals surface area contributed by atoms with Crippen molar-refractivity contribution in [1.29, 1.82) is 0 Å². The Morgan fingerprint density at radius 2 is 2.28 bits per heavy atom. The van der Waals surface area contributed by atoms with E-state index in [9.17, 15) is 0 Å². The summed E-state index contributed by atoms with van der Waals surface area (Å²) in [6, 6.07) is 7.63. The fraction of sp³-hybridized carbons (Fsp3) is 0.250. The van der Waals surface area contributed by atoms with Crippen molar-refractivity contribution in [3.63, 3.8) is 0 Å². The van der Waals surface area contributed by atoms with Crippen molar-refractivity contribution >= 4 is 36.2 Å². The molecule has 0 saturated carbocycles. The van der Waals surface area contributed by atoms with Gasteiger partial charge in [-0.2, -0.15) is 0 Å². The van der Waals surface area contributed by atoms with Crippen LogP contribution in [0.5, 0.6) is 5.88 Å². The minimum absolute atomic E-state index is 0.410. The second-order valence-corrected chi connectivity index (χ2v) is 5.64. The van der Waals surface area contributed by atoms with Gasteiger partial charge in [-0.05, 0) is 30.7 Å². The normalized spacial score (nSPS) is 10.6. The average Bonchev–Trinajstić information content (AvgIpc) is 2.75. The van der Waals surface area contributed by atoms with Crippen LogP contribution >= 0.6 is 36.2 Å². The second-order valence-electron chi connectivity index (χ2n) is 3.51. The Labute approximate surface area is 121 Å². The molecular formula is C12H13ClN2OS2. The van der Waals surface area contributed by atoms with Gasteiger partial charge in [0.25, 0.3) is 0 Å². The van der Waals surface area contributed by atoms with Gasteiger partial charge in [-0.25, -0.2) is 4.09 Å². The summed E-state index contributed by atoms with van der Waals surface area (Å²) in [6.07, 6.45) is 1.72.